The molecule has 0 aliphatic heterocycles. The summed E-state index contributed by atoms with van der Waals surface area (Å²) in [5.41, 5.74) is 2.47. The summed E-state index contributed by atoms with van der Waals surface area (Å²) in [6.45, 7) is 8.70. The molecule has 1 heterocycles. The second-order valence-electron chi connectivity index (χ2n) is 9.04. The molecule has 1 aromatic heterocycles. The third kappa shape index (κ3) is 5.94. The Balaban J connectivity index is 1.43. The molecule has 0 aliphatic rings. The number of carbonyl (C=O) groups is 2. The van der Waals surface area contributed by atoms with Gasteiger partial charge in [-0.1, -0.05) is 73.6 Å². The van der Waals surface area contributed by atoms with Crippen molar-refractivity contribution in [3.63, 3.8) is 0 Å². The minimum absolute atomic E-state index is 0.1000. The molecule has 0 spiro atoms. The summed E-state index contributed by atoms with van der Waals surface area (Å²) in [5, 5.41) is 17.7. The quantitative estimate of drug-likeness (QED) is 0.291. The van der Waals surface area contributed by atoms with Crippen molar-refractivity contribution in [3.8, 4) is 0 Å². The maximum absolute atomic E-state index is 12.9. The largest absolute Gasteiger partial charge is 0.342 e. The van der Waals surface area contributed by atoms with E-state index >= 15 is 0 Å². The van der Waals surface area contributed by atoms with Gasteiger partial charge in [-0.2, -0.15) is 0 Å². The maximum Gasteiger partial charge on any atom is 0.251 e. The zero-order chi connectivity index (χ0) is 25.7. The highest BCUT2D eigenvalue weighted by atomic mass is 32.2. The van der Waals surface area contributed by atoms with Crippen LogP contribution in [0.3, 0.4) is 0 Å². The van der Waals surface area contributed by atoms with Gasteiger partial charge in [0.1, 0.15) is 0 Å². The average molecular weight is 502 g/mol. The Kier molecular flexibility index (Phi) is 8.05. The van der Waals surface area contributed by atoms with Crippen molar-refractivity contribution in [3.05, 3.63) is 83.7 Å². The SMILES string of the molecule is CCn1c(SCC(=O)Nc2ccc3ccccc3c2)nnc1[C@@H](NC(=O)c1ccc(C)cc1)C(C)C. The van der Waals surface area contributed by atoms with Gasteiger partial charge in [0.05, 0.1) is 11.8 Å². The molecule has 0 saturated carbocycles. The van der Waals surface area contributed by atoms with E-state index in [9.17, 15) is 9.59 Å². The summed E-state index contributed by atoms with van der Waals surface area (Å²) in [5.74, 6) is 0.722. The summed E-state index contributed by atoms with van der Waals surface area (Å²) < 4.78 is 1.97. The van der Waals surface area contributed by atoms with Gasteiger partial charge < -0.3 is 15.2 Å². The molecular weight excluding hydrogens is 470 g/mol. The lowest BCUT2D eigenvalue weighted by atomic mass is 10.0. The number of anilines is 1. The third-order valence-corrected chi connectivity index (χ3v) is 6.94. The maximum atomic E-state index is 12.9. The number of thioether (sulfide) groups is 1. The highest BCUT2D eigenvalue weighted by molar-refractivity contribution is 7.99. The summed E-state index contributed by atoms with van der Waals surface area (Å²) in [6, 6.07) is 21.1. The standard InChI is InChI=1S/C28H31N5O2S/c1-5-33-26(25(18(2)3)30-27(35)21-12-10-19(4)11-13-21)31-32-28(33)36-17-24(34)29-23-15-14-20-8-6-7-9-22(20)16-23/h6-16,18,25H,5,17H2,1-4H3,(H,29,34)(H,30,35)/t25-/m0/s1. The van der Waals surface area contributed by atoms with E-state index in [1.54, 1.807) is 0 Å². The second kappa shape index (κ2) is 11.4. The Morgan fingerprint density at radius 3 is 2.39 bits per heavy atom. The number of hydrogen-bond acceptors (Lipinski definition) is 5. The molecule has 4 rings (SSSR count). The van der Waals surface area contributed by atoms with Crippen molar-refractivity contribution in [1.82, 2.24) is 20.1 Å². The van der Waals surface area contributed by atoms with Crippen LogP contribution in [0.4, 0.5) is 5.69 Å². The van der Waals surface area contributed by atoms with Gasteiger partial charge in [0.15, 0.2) is 11.0 Å². The molecule has 2 amide bonds. The number of carbonyl (C=O) groups excluding carboxylic acids is 2. The van der Waals surface area contributed by atoms with E-state index < -0.39 is 0 Å². The Hall–Kier alpha value is -3.65. The highest BCUT2D eigenvalue weighted by Gasteiger charge is 2.26. The van der Waals surface area contributed by atoms with Crippen LogP contribution in [-0.4, -0.2) is 32.3 Å². The lowest BCUT2D eigenvalue weighted by molar-refractivity contribution is -0.113. The van der Waals surface area contributed by atoms with Crippen LogP contribution in [0.2, 0.25) is 0 Å². The second-order valence-corrected chi connectivity index (χ2v) is 9.99. The number of benzene rings is 3. The molecule has 186 valence electrons. The van der Waals surface area contributed by atoms with E-state index in [1.165, 1.54) is 11.8 Å². The fourth-order valence-electron chi connectivity index (χ4n) is 3.99. The van der Waals surface area contributed by atoms with Gasteiger partial charge in [-0.25, -0.2) is 0 Å². The predicted octanol–water partition coefficient (Wildman–Crippen LogP) is 5.62. The van der Waals surface area contributed by atoms with Crippen molar-refractivity contribution in [2.75, 3.05) is 11.1 Å². The molecule has 0 unspecified atom stereocenters. The normalized spacial score (nSPS) is 12.0. The van der Waals surface area contributed by atoms with Crippen LogP contribution >= 0.6 is 11.8 Å². The Bertz CT molecular complexity index is 1360. The van der Waals surface area contributed by atoms with Crippen molar-refractivity contribution >= 4 is 40.0 Å². The number of nitrogens with one attached hydrogen (secondary N) is 2. The van der Waals surface area contributed by atoms with Crippen molar-refractivity contribution in [2.24, 2.45) is 5.92 Å². The van der Waals surface area contributed by atoms with Gasteiger partial charge in [-0.3, -0.25) is 9.59 Å². The first-order chi connectivity index (χ1) is 17.4. The topological polar surface area (TPSA) is 88.9 Å². The molecule has 1 atom stereocenters. The van der Waals surface area contributed by atoms with Crippen LogP contribution in [0.1, 0.15) is 48.6 Å². The summed E-state index contributed by atoms with van der Waals surface area (Å²) in [7, 11) is 0. The third-order valence-electron chi connectivity index (χ3n) is 5.97. The van der Waals surface area contributed by atoms with E-state index in [1.807, 2.05) is 99.0 Å². The van der Waals surface area contributed by atoms with Crippen LogP contribution in [0.25, 0.3) is 10.8 Å². The van der Waals surface area contributed by atoms with Crippen LogP contribution in [0.15, 0.2) is 71.9 Å². The first-order valence-corrected chi connectivity index (χ1v) is 13.1. The average Bonchev–Trinajstić information content (AvgIpc) is 3.28. The predicted molar refractivity (Wildman–Crippen MR) is 145 cm³/mol. The van der Waals surface area contributed by atoms with Crippen molar-refractivity contribution < 1.29 is 9.59 Å². The van der Waals surface area contributed by atoms with Gasteiger partial charge in [-0.05, 0) is 54.8 Å². The molecule has 7 nitrogen and oxygen atoms in total. The molecule has 4 aromatic rings. The number of amides is 2. The lowest BCUT2D eigenvalue weighted by Gasteiger charge is -2.22. The Morgan fingerprint density at radius 1 is 0.972 bits per heavy atom. The Labute approximate surface area is 215 Å². The lowest BCUT2D eigenvalue weighted by Crippen LogP contribution is -2.33. The first kappa shape index (κ1) is 25.4. The minimum atomic E-state index is -0.313. The Morgan fingerprint density at radius 2 is 1.69 bits per heavy atom. The van der Waals surface area contributed by atoms with Crippen LogP contribution in [-0.2, 0) is 11.3 Å². The van der Waals surface area contributed by atoms with Gasteiger partial charge in [0.2, 0.25) is 5.91 Å². The monoisotopic (exact) mass is 501 g/mol. The van der Waals surface area contributed by atoms with Crippen LogP contribution < -0.4 is 10.6 Å². The van der Waals surface area contributed by atoms with Crippen molar-refractivity contribution in [1.29, 1.82) is 0 Å². The van der Waals surface area contributed by atoms with Gasteiger partial charge in [0.25, 0.3) is 5.91 Å². The van der Waals surface area contributed by atoms with Gasteiger partial charge in [-0.15, -0.1) is 10.2 Å². The van der Waals surface area contributed by atoms with E-state index in [-0.39, 0.29) is 29.5 Å². The van der Waals surface area contributed by atoms with Gasteiger partial charge >= 0.3 is 0 Å². The van der Waals surface area contributed by atoms with E-state index in [4.69, 9.17) is 0 Å². The summed E-state index contributed by atoms with van der Waals surface area (Å²) in [4.78, 5) is 25.5. The molecule has 2 N–H and O–H groups in total. The van der Waals surface area contributed by atoms with E-state index in [0.29, 0.717) is 23.1 Å². The van der Waals surface area contributed by atoms with Crippen molar-refractivity contribution in [2.45, 2.75) is 45.4 Å². The van der Waals surface area contributed by atoms with E-state index in [2.05, 4.69) is 20.8 Å². The van der Waals surface area contributed by atoms with Crippen LogP contribution in [0.5, 0.6) is 0 Å². The summed E-state index contributed by atoms with van der Waals surface area (Å²) in [6.07, 6.45) is 0. The molecule has 0 fully saturated rings. The molecule has 0 radical (unpaired) electrons. The molecule has 0 saturated heterocycles. The molecule has 3 aromatic carbocycles. The minimum Gasteiger partial charge on any atom is -0.342 e. The number of nitrogens with zero attached hydrogens (tertiary/aromatic N) is 3. The molecule has 8 heteroatoms. The fraction of sp³-hybridized carbons (Fsp3) is 0.286. The first-order valence-electron chi connectivity index (χ1n) is 12.1. The van der Waals surface area contributed by atoms with Crippen LogP contribution in [0, 0.1) is 12.8 Å². The zero-order valence-corrected chi connectivity index (χ0v) is 21.8. The smallest absolute Gasteiger partial charge is 0.251 e. The molecule has 0 bridgehead atoms. The van der Waals surface area contributed by atoms with E-state index in [0.717, 1.165) is 22.0 Å². The number of aryl methyl sites for hydroxylation is 1. The molecule has 36 heavy (non-hydrogen) atoms. The summed E-state index contributed by atoms with van der Waals surface area (Å²) >= 11 is 1.33. The number of aromatic nitrogens is 3. The molecule has 0 aliphatic carbocycles. The highest BCUT2D eigenvalue weighted by Crippen LogP contribution is 2.26. The fourth-order valence-corrected chi connectivity index (χ4v) is 4.80. The number of fused-ring (bicyclic) bond motifs is 1. The number of rotatable bonds is 9. The van der Waals surface area contributed by atoms with Gasteiger partial charge in [0, 0.05) is 17.8 Å². The number of hydrogen-bond donors (Lipinski definition) is 2. The zero-order valence-electron chi connectivity index (χ0n) is 21.0. The molecular formula is C28H31N5O2S.